The lowest BCUT2D eigenvalue weighted by molar-refractivity contribution is -0.0543. The van der Waals surface area contributed by atoms with E-state index in [4.69, 9.17) is 4.74 Å². The number of ether oxygens (including phenoxy) is 1. The van der Waals surface area contributed by atoms with Crippen LogP contribution in [-0.2, 0) is 13.0 Å². The second kappa shape index (κ2) is 6.72. The van der Waals surface area contributed by atoms with E-state index in [1.54, 1.807) is 7.11 Å². The summed E-state index contributed by atoms with van der Waals surface area (Å²) >= 11 is 0. The van der Waals surface area contributed by atoms with Crippen LogP contribution in [0.3, 0.4) is 0 Å². The third-order valence-electron chi connectivity index (χ3n) is 7.47. The normalized spacial score (nSPS) is 24.5. The van der Waals surface area contributed by atoms with Gasteiger partial charge in [-0.3, -0.25) is 4.90 Å². The van der Waals surface area contributed by atoms with Gasteiger partial charge in [0.1, 0.15) is 5.75 Å². The fourth-order valence-electron chi connectivity index (χ4n) is 5.64. The zero-order valence-electron chi connectivity index (χ0n) is 18.0. The number of hydrogen-bond acceptors (Lipinski definition) is 3. The Morgan fingerprint density at radius 1 is 1.07 bits per heavy atom. The maximum atomic E-state index is 11.0. The van der Waals surface area contributed by atoms with Gasteiger partial charge in [0.25, 0.3) is 0 Å². The number of aryl methyl sites for hydroxylation is 2. The minimum Gasteiger partial charge on any atom is -0.496 e. The second-order valence-electron chi connectivity index (χ2n) is 9.23. The summed E-state index contributed by atoms with van der Waals surface area (Å²) in [4.78, 5) is 2.60. The molecule has 0 radical (unpaired) electrons. The fraction of sp³-hybridized carbons (Fsp3) is 0.462. The third kappa shape index (κ3) is 2.94. The van der Waals surface area contributed by atoms with E-state index in [-0.39, 0.29) is 0 Å². The smallest absolute Gasteiger partial charge is 0.122 e. The van der Waals surface area contributed by atoms with Crippen molar-refractivity contribution in [2.45, 2.75) is 64.6 Å². The quantitative estimate of drug-likeness (QED) is 0.605. The van der Waals surface area contributed by atoms with E-state index in [1.165, 1.54) is 43.8 Å². The second-order valence-corrected chi connectivity index (χ2v) is 9.23. The number of rotatable bonds is 2. The molecule has 29 heavy (non-hydrogen) atoms. The fourth-order valence-corrected chi connectivity index (χ4v) is 5.64. The number of piperidine rings is 1. The molecule has 0 aromatic heterocycles. The first kappa shape index (κ1) is 18.9. The van der Waals surface area contributed by atoms with Gasteiger partial charge in [0.15, 0.2) is 0 Å². The maximum Gasteiger partial charge on any atom is 0.122 e. The molecule has 152 valence electrons. The summed E-state index contributed by atoms with van der Waals surface area (Å²) in [5, 5.41) is 16.3. The van der Waals surface area contributed by atoms with Gasteiger partial charge in [-0.25, -0.2) is 0 Å². The van der Waals surface area contributed by atoms with Gasteiger partial charge >= 0.3 is 0 Å². The monoisotopic (exact) mass is 389 g/mol. The highest BCUT2D eigenvalue weighted by atomic mass is 16.5. The average molecular weight is 390 g/mol. The van der Waals surface area contributed by atoms with Crippen LogP contribution in [-0.4, -0.2) is 35.3 Å². The molecule has 2 aliphatic heterocycles. The first-order valence-electron chi connectivity index (χ1n) is 10.9. The molecule has 2 aliphatic rings. The lowest BCUT2D eigenvalue weighted by Crippen LogP contribution is -2.52. The van der Waals surface area contributed by atoms with Gasteiger partial charge < -0.3 is 9.84 Å². The van der Waals surface area contributed by atoms with Gasteiger partial charge in [0.2, 0.25) is 0 Å². The van der Waals surface area contributed by atoms with Crippen molar-refractivity contribution in [3.63, 3.8) is 0 Å². The average Bonchev–Trinajstić information content (AvgIpc) is 2.72. The summed E-state index contributed by atoms with van der Waals surface area (Å²) in [5.41, 5.74) is 4.90. The summed E-state index contributed by atoms with van der Waals surface area (Å²) in [5.74, 6) is 0.961. The van der Waals surface area contributed by atoms with Crippen LogP contribution in [0.1, 0.15) is 48.4 Å². The molecule has 5 rings (SSSR count). The van der Waals surface area contributed by atoms with Gasteiger partial charge in [-0.2, -0.15) is 0 Å². The molecule has 3 nitrogen and oxygen atoms in total. The third-order valence-corrected chi connectivity index (χ3v) is 7.47. The van der Waals surface area contributed by atoms with Crippen LogP contribution >= 0.6 is 0 Å². The van der Waals surface area contributed by atoms with E-state index in [0.717, 1.165) is 44.5 Å². The lowest BCUT2D eigenvalue weighted by atomic mass is 9.77. The van der Waals surface area contributed by atoms with Gasteiger partial charge in [0, 0.05) is 19.1 Å². The minimum atomic E-state index is -0.503. The number of benzene rings is 3. The minimum absolute atomic E-state index is 0.416. The molecule has 0 amide bonds. The predicted octanol–water partition coefficient (Wildman–Crippen LogP) is 5.28. The maximum absolute atomic E-state index is 11.0. The van der Waals surface area contributed by atoms with E-state index in [0.29, 0.717) is 6.04 Å². The zero-order valence-corrected chi connectivity index (χ0v) is 18.0. The Labute approximate surface area is 173 Å². The van der Waals surface area contributed by atoms with Crippen LogP contribution in [0.4, 0.5) is 0 Å². The van der Waals surface area contributed by atoms with E-state index in [9.17, 15) is 5.11 Å². The molecule has 0 unspecified atom stereocenters. The van der Waals surface area contributed by atoms with E-state index >= 15 is 0 Å². The van der Waals surface area contributed by atoms with Crippen LogP contribution in [0, 0.1) is 13.8 Å². The Kier molecular flexibility index (Phi) is 4.38. The van der Waals surface area contributed by atoms with Crippen LogP contribution in [0.2, 0.25) is 0 Å². The Bertz CT molecular complexity index is 1120. The molecular formula is C26H31NO2. The van der Waals surface area contributed by atoms with Crippen molar-refractivity contribution in [1.82, 2.24) is 4.90 Å². The number of hydrogen-bond donors (Lipinski definition) is 1. The zero-order chi connectivity index (χ0) is 20.3. The van der Waals surface area contributed by atoms with Crippen LogP contribution in [0.5, 0.6) is 5.75 Å². The lowest BCUT2D eigenvalue weighted by Gasteiger charge is -2.47. The van der Waals surface area contributed by atoms with Gasteiger partial charge in [-0.1, -0.05) is 30.7 Å². The van der Waals surface area contributed by atoms with Crippen molar-refractivity contribution in [3.8, 4) is 5.75 Å². The number of nitrogens with zero attached hydrogens (tertiary/aromatic N) is 1. The molecular weight excluding hydrogens is 358 g/mol. The molecule has 3 aromatic rings. The van der Waals surface area contributed by atoms with Crippen LogP contribution in [0.15, 0.2) is 30.3 Å². The standard InChI is InChI=1S/C26H31NO2/c1-5-26(28)8-9-27-15-24-19-7-6-16(2)10-20(19)21-11-17(3)25(29-4)13-23(21)22(24)12-18(27)14-26/h6-7,10-11,13,18,28H,5,8-9,12,14-15H2,1-4H3/t18-,26+/m0/s1. The van der Waals surface area contributed by atoms with Crippen molar-refractivity contribution in [2.75, 3.05) is 13.7 Å². The largest absolute Gasteiger partial charge is 0.496 e. The molecule has 0 spiro atoms. The number of methoxy groups -OCH3 is 1. The molecule has 0 bridgehead atoms. The Balaban J connectivity index is 1.77. The topological polar surface area (TPSA) is 32.7 Å². The Morgan fingerprint density at radius 3 is 2.62 bits per heavy atom. The van der Waals surface area contributed by atoms with Crippen molar-refractivity contribution in [1.29, 1.82) is 0 Å². The van der Waals surface area contributed by atoms with Crippen LogP contribution in [0.25, 0.3) is 21.5 Å². The molecule has 2 heterocycles. The van der Waals surface area contributed by atoms with Gasteiger partial charge in [-0.15, -0.1) is 0 Å². The molecule has 2 atom stereocenters. The summed E-state index contributed by atoms with van der Waals surface area (Å²) in [6.07, 6.45) is 3.60. The van der Waals surface area contributed by atoms with Gasteiger partial charge in [0.05, 0.1) is 12.7 Å². The van der Waals surface area contributed by atoms with Crippen molar-refractivity contribution in [3.05, 3.63) is 52.6 Å². The molecule has 3 heteroatoms. The number of aliphatic hydroxyl groups is 1. The molecule has 1 saturated heterocycles. The van der Waals surface area contributed by atoms with Crippen molar-refractivity contribution >= 4 is 21.5 Å². The van der Waals surface area contributed by atoms with Crippen molar-refractivity contribution in [2.24, 2.45) is 0 Å². The van der Waals surface area contributed by atoms with E-state index in [1.807, 2.05) is 0 Å². The predicted molar refractivity (Wildman–Crippen MR) is 120 cm³/mol. The summed E-state index contributed by atoms with van der Waals surface area (Å²) in [7, 11) is 1.76. The highest BCUT2D eigenvalue weighted by Crippen LogP contribution is 2.43. The molecule has 0 aliphatic carbocycles. The molecule has 3 aromatic carbocycles. The first-order valence-corrected chi connectivity index (χ1v) is 10.9. The Hall–Kier alpha value is -2.10. The molecule has 1 N–H and O–H groups in total. The van der Waals surface area contributed by atoms with E-state index in [2.05, 4.69) is 56.0 Å². The summed E-state index contributed by atoms with van der Waals surface area (Å²) in [6, 6.07) is 11.8. The summed E-state index contributed by atoms with van der Waals surface area (Å²) in [6.45, 7) is 8.38. The molecule has 1 fully saturated rings. The molecule has 0 saturated carbocycles. The highest BCUT2D eigenvalue weighted by Gasteiger charge is 2.40. The first-order chi connectivity index (χ1) is 13.9. The SMILES string of the molecule is CC[C@@]1(O)CCN2Cc3c(c4cc(OC)c(C)cc4c4cc(C)ccc34)C[C@H]2C1. The highest BCUT2D eigenvalue weighted by molar-refractivity contribution is 6.11. The number of fused-ring (bicyclic) bond motifs is 7. The van der Waals surface area contributed by atoms with Crippen LogP contribution < -0.4 is 4.74 Å². The van der Waals surface area contributed by atoms with E-state index < -0.39 is 5.60 Å². The summed E-state index contributed by atoms with van der Waals surface area (Å²) < 4.78 is 5.69. The van der Waals surface area contributed by atoms with Crippen molar-refractivity contribution < 1.29 is 9.84 Å². The Morgan fingerprint density at radius 2 is 1.86 bits per heavy atom. The van der Waals surface area contributed by atoms with Gasteiger partial charge in [-0.05, 0) is 89.9 Å².